The van der Waals surface area contributed by atoms with E-state index in [1.165, 1.54) is 0 Å². The van der Waals surface area contributed by atoms with Crippen LogP contribution < -0.4 is 14.9 Å². The quantitative estimate of drug-likeness (QED) is 0.197. The maximum absolute atomic E-state index is 13.9. The van der Waals surface area contributed by atoms with Crippen molar-refractivity contribution >= 4 is 32.8 Å². The SMILES string of the molecule is CCCCCOc1ccc(C2c3c(oc4ccc(Br)cc4c3=O)C(=O)N2Cc2ccc(C)cc2)cc1OC. The van der Waals surface area contributed by atoms with Crippen LogP contribution in [-0.4, -0.2) is 24.5 Å². The van der Waals surface area contributed by atoms with Gasteiger partial charge in [0.05, 0.1) is 30.7 Å². The summed E-state index contributed by atoms with van der Waals surface area (Å²) in [6.07, 6.45) is 3.16. The van der Waals surface area contributed by atoms with Crippen molar-refractivity contribution in [3.63, 3.8) is 0 Å². The van der Waals surface area contributed by atoms with Crippen molar-refractivity contribution in [1.82, 2.24) is 4.90 Å². The standard InChI is InChI=1S/C31H30BrNO5/c1-4-5-6-15-37-25-13-11-21(16-26(25)36-3)28-27-29(34)23-17-22(32)12-14-24(23)38-30(27)31(35)33(28)18-20-9-7-19(2)8-10-20/h7-14,16-17,28H,4-6,15,18H2,1-3H3. The molecule has 2 heterocycles. The zero-order valence-corrected chi connectivity index (χ0v) is 23.3. The lowest BCUT2D eigenvalue weighted by molar-refractivity contribution is 0.0714. The Bertz CT molecular complexity index is 1540. The van der Waals surface area contributed by atoms with E-state index in [0.717, 1.165) is 40.4 Å². The Morgan fingerprint density at radius 2 is 1.76 bits per heavy atom. The highest BCUT2D eigenvalue weighted by atomic mass is 79.9. The third-order valence-electron chi connectivity index (χ3n) is 6.91. The van der Waals surface area contributed by atoms with Gasteiger partial charge < -0.3 is 18.8 Å². The van der Waals surface area contributed by atoms with Crippen LogP contribution in [0, 0.1) is 6.92 Å². The number of fused-ring (bicyclic) bond motifs is 2. The average molecular weight is 576 g/mol. The number of nitrogens with zero attached hydrogens (tertiary/aromatic N) is 1. The highest BCUT2D eigenvalue weighted by molar-refractivity contribution is 9.10. The van der Waals surface area contributed by atoms with E-state index in [-0.39, 0.29) is 17.1 Å². The molecule has 0 saturated carbocycles. The second-order valence-corrected chi connectivity index (χ2v) is 10.5. The molecule has 0 bridgehead atoms. The van der Waals surface area contributed by atoms with E-state index in [4.69, 9.17) is 13.9 Å². The number of hydrogen-bond acceptors (Lipinski definition) is 5. The molecule has 38 heavy (non-hydrogen) atoms. The molecule has 1 atom stereocenters. The van der Waals surface area contributed by atoms with Crippen LogP contribution >= 0.6 is 15.9 Å². The fourth-order valence-electron chi connectivity index (χ4n) is 4.90. The van der Waals surface area contributed by atoms with Crippen LogP contribution in [0.3, 0.4) is 0 Å². The number of rotatable bonds is 9. The van der Waals surface area contributed by atoms with Crippen molar-refractivity contribution in [2.75, 3.05) is 13.7 Å². The predicted molar refractivity (Wildman–Crippen MR) is 151 cm³/mol. The second kappa shape index (κ2) is 11.0. The fourth-order valence-corrected chi connectivity index (χ4v) is 5.26. The van der Waals surface area contributed by atoms with Gasteiger partial charge in [-0.1, -0.05) is 71.6 Å². The Morgan fingerprint density at radius 1 is 0.974 bits per heavy atom. The second-order valence-electron chi connectivity index (χ2n) is 9.60. The Labute approximate surface area is 230 Å². The Morgan fingerprint density at radius 3 is 2.50 bits per heavy atom. The first-order chi connectivity index (χ1) is 18.4. The van der Waals surface area contributed by atoms with Crippen LogP contribution in [0.4, 0.5) is 0 Å². The summed E-state index contributed by atoms with van der Waals surface area (Å²) in [5.74, 6) is 0.965. The zero-order valence-electron chi connectivity index (χ0n) is 21.8. The lowest BCUT2D eigenvalue weighted by Gasteiger charge is -2.26. The molecule has 1 aliphatic heterocycles. The minimum absolute atomic E-state index is 0.0841. The van der Waals surface area contributed by atoms with Gasteiger partial charge in [0.1, 0.15) is 5.58 Å². The topological polar surface area (TPSA) is 69.0 Å². The number of aryl methyl sites for hydroxylation is 1. The number of carbonyl (C=O) groups excluding carboxylic acids is 1. The van der Waals surface area contributed by atoms with Gasteiger partial charge in [-0.25, -0.2) is 0 Å². The molecule has 1 amide bonds. The predicted octanol–water partition coefficient (Wildman–Crippen LogP) is 7.19. The van der Waals surface area contributed by atoms with Gasteiger partial charge in [-0.2, -0.15) is 0 Å². The number of hydrogen-bond donors (Lipinski definition) is 0. The zero-order chi connectivity index (χ0) is 26.8. The Hall–Kier alpha value is -3.58. The summed E-state index contributed by atoms with van der Waals surface area (Å²) < 4.78 is 18.5. The Balaban J connectivity index is 1.62. The van der Waals surface area contributed by atoms with Crippen LogP contribution in [0.25, 0.3) is 11.0 Å². The molecule has 0 aliphatic carbocycles. The van der Waals surface area contributed by atoms with E-state index in [1.54, 1.807) is 30.2 Å². The molecule has 6 nitrogen and oxygen atoms in total. The number of ether oxygens (including phenoxy) is 2. The van der Waals surface area contributed by atoms with Gasteiger partial charge in [-0.3, -0.25) is 9.59 Å². The number of carbonyl (C=O) groups is 1. The third kappa shape index (κ3) is 4.95. The maximum atomic E-state index is 13.9. The molecule has 0 radical (unpaired) electrons. The summed E-state index contributed by atoms with van der Waals surface area (Å²) in [5, 5.41) is 0.427. The smallest absolute Gasteiger partial charge is 0.291 e. The molecule has 0 spiro atoms. The first-order valence-electron chi connectivity index (χ1n) is 12.8. The molecular weight excluding hydrogens is 546 g/mol. The Kier molecular flexibility index (Phi) is 7.56. The molecule has 196 valence electrons. The van der Waals surface area contributed by atoms with E-state index >= 15 is 0 Å². The van der Waals surface area contributed by atoms with Gasteiger partial charge in [0.25, 0.3) is 5.91 Å². The van der Waals surface area contributed by atoms with Crippen LogP contribution in [0.15, 0.2) is 74.3 Å². The molecule has 0 saturated heterocycles. The monoisotopic (exact) mass is 575 g/mol. The molecule has 1 aromatic heterocycles. The van der Waals surface area contributed by atoms with Crippen molar-refractivity contribution in [2.24, 2.45) is 0 Å². The van der Waals surface area contributed by atoms with Gasteiger partial charge in [0.2, 0.25) is 5.76 Å². The average Bonchev–Trinajstić information content (AvgIpc) is 3.19. The first-order valence-corrected chi connectivity index (χ1v) is 13.6. The van der Waals surface area contributed by atoms with E-state index in [9.17, 15) is 9.59 Å². The van der Waals surface area contributed by atoms with Crippen LogP contribution in [0.5, 0.6) is 11.5 Å². The molecule has 1 aliphatic rings. The van der Waals surface area contributed by atoms with Crippen molar-refractivity contribution in [2.45, 2.75) is 45.7 Å². The number of unbranched alkanes of at least 4 members (excludes halogenated alkanes) is 2. The van der Waals surface area contributed by atoms with Gasteiger partial charge in [-0.15, -0.1) is 0 Å². The molecule has 7 heteroatoms. The van der Waals surface area contributed by atoms with Gasteiger partial charge in [0, 0.05) is 11.0 Å². The molecular formula is C31H30BrNO5. The van der Waals surface area contributed by atoms with Crippen LogP contribution in [-0.2, 0) is 6.54 Å². The van der Waals surface area contributed by atoms with E-state index in [0.29, 0.717) is 41.2 Å². The molecule has 4 aromatic rings. The summed E-state index contributed by atoms with van der Waals surface area (Å²) in [6, 6.07) is 18.2. The van der Waals surface area contributed by atoms with Crippen LogP contribution in [0.2, 0.25) is 0 Å². The molecule has 1 unspecified atom stereocenters. The number of halogens is 1. The molecule has 0 fully saturated rings. The lowest BCUT2D eigenvalue weighted by atomic mass is 9.97. The summed E-state index contributed by atoms with van der Waals surface area (Å²) in [5.41, 5.74) is 3.36. The normalized spacial score (nSPS) is 14.7. The van der Waals surface area contributed by atoms with E-state index < -0.39 is 6.04 Å². The number of amides is 1. The maximum Gasteiger partial charge on any atom is 0.291 e. The molecule has 0 N–H and O–H groups in total. The van der Waals surface area contributed by atoms with Gasteiger partial charge in [-0.05, 0) is 54.8 Å². The highest BCUT2D eigenvalue weighted by Crippen LogP contribution is 2.42. The summed E-state index contributed by atoms with van der Waals surface area (Å²) in [7, 11) is 1.59. The van der Waals surface area contributed by atoms with Crippen molar-refractivity contribution in [1.29, 1.82) is 0 Å². The van der Waals surface area contributed by atoms with Gasteiger partial charge in [0.15, 0.2) is 16.9 Å². The van der Waals surface area contributed by atoms with Crippen molar-refractivity contribution in [3.05, 3.63) is 103 Å². The van der Waals surface area contributed by atoms with Crippen LogP contribution in [0.1, 0.15) is 65.0 Å². The summed E-state index contributed by atoms with van der Waals surface area (Å²) in [4.78, 5) is 29.3. The van der Waals surface area contributed by atoms with Crippen molar-refractivity contribution in [3.8, 4) is 11.5 Å². The van der Waals surface area contributed by atoms with E-state index in [2.05, 4.69) is 22.9 Å². The minimum atomic E-state index is -0.638. The van der Waals surface area contributed by atoms with Gasteiger partial charge >= 0.3 is 0 Å². The number of methoxy groups -OCH3 is 1. The summed E-state index contributed by atoms with van der Waals surface area (Å²) in [6.45, 7) is 5.09. The third-order valence-corrected chi connectivity index (χ3v) is 7.40. The summed E-state index contributed by atoms with van der Waals surface area (Å²) >= 11 is 3.45. The van der Waals surface area contributed by atoms with Crippen molar-refractivity contribution < 1.29 is 18.7 Å². The molecule has 3 aromatic carbocycles. The molecule has 5 rings (SSSR count). The fraction of sp³-hybridized carbons (Fsp3) is 0.290. The lowest BCUT2D eigenvalue weighted by Crippen LogP contribution is -2.29. The number of benzene rings is 3. The highest BCUT2D eigenvalue weighted by Gasteiger charge is 2.43. The largest absolute Gasteiger partial charge is 0.493 e. The van der Waals surface area contributed by atoms with E-state index in [1.807, 2.05) is 49.4 Å². The minimum Gasteiger partial charge on any atom is -0.493 e. The first kappa shape index (κ1) is 26.0.